The van der Waals surface area contributed by atoms with Crippen molar-refractivity contribution in [3.63, 3.8) is 0 Å². The Morgan fingerprint density at radius 2 is 2.10 bits per heavy atom. The van der Waals surface area contributed by atoms with Gasteiger partial charge in [0, 0.05) is 35.6 Å². The Bertz CT molecular complexity index is 531. The average Bonchev–Trinajstić information content (AvgIpc) is 2.44. The quantitative estimate of drug-likeness (QED) is 0.467. The predicted molar refractivity (Wildman–Crippen MR) is 79.6 cm³/mol. The van der Waals surface area contributed by atoms with Crippen LogP contribution in [0.3, 0.4) is 0 Å². The van der Waals surface area contributed by atoms with Gasteiger partial charge in [0.2, 0.25) is 0 Å². The number of methoxy groups -OCH3 is 1. The monoisotopic (exact) mass is 344 g/mol. The summed E-state index contributed by atoms with van der Waals surface area (Å²) in [5.41, 5.74) is -0.179. The number of nitro benzene ring substituents is 1. The maximum absolute atomic E-state index is 12.4. The molecule has 0 saturated carbocycles. The van der Waals surface area contributed by atoms with Crippen molar-refractivity contribution in [1.29, 1.82) is 0 Å². The molecule has 20 heavy (non-hydrogen) atoms. The zero-order chi connectivity index (χ0) is 15.5. The van der Waals surface area contributed by atoms with E-state index >= 15 is 0 Å². The molecule has 1 aromatic carbocycles. The molecule has 0 spiro atoms. The van der Waals surface area contributed by atoms with Crippen molar-refractivity contribution in [3.8, 4) is 5.75 Å². The molecular formula is C13H17BrN2O4. The molecule has 0 saturated heterocycles. The summed E-state index contributed by atoms with van der Waals surface area (Å²) in [5.74, 6) is -0.145. The minimum absolute atomic E-state index is 0.0749. The van der Waals surface area contributed by atoms with E-state index in [-0.39, 0.29) is 22.9 Å². The first-order chi connectivity index (χ1) is 9.24. The van der Waals surface area contributed by atoms with Crippen LogP contribution < -0.4 is 4.74 Å². The van der Waals surface area contributed by atoms with Crippen LogP contribution in [0.15, 0.2) is 18.2 Å². The predicted octanol–water partition coefficient (Wildman–Crippen LogP) is 2.85. The molecule has 0 fully saturated rings. The Balaban J connectivity index is 3.15. The van der Waals surface area contributed by atoms with Gasteiger partial charge in [-0.15, -0.1) is 0 Å². The van der Waals surface area contributed by atoms with E-state index in [0.29, 0.717) is 10.9 Å². The third kappa shape index (κ3) is 3.27. The summed E-state index contributed by atoms with van der Waals surface area (Å²) in [6.07, 6.45) is 0. The lowest BCUT2D eigenvalue weighted by molar-refractivity contribution is -0.385. The van der Waals surface area contributed by atoms with Crippen molar-refractivity contribution in [2.75, 3.05) is 19.5 Å². The molecule has 7 heteroatoms. The van der Waals surface area contributed by atoms with Crippen LogP contribution >= 0.6 is 15.9 Å². The molecule has 1 aromatic rings. The number of carbonyl (C=O) groups is 1. The Kier molecular flexibility index (Phi) is 5.10. The second-order valence-corrected chi connectivity index (χ2v) is 5.51. The van der Waals surface area contributed by atoms with Crippen LogP contribution in [0.4, 0.5) is 5.69 Å². The summed E-state index contributed by atoms with van der Waals surface area (Å²) in [4.78, 5) is 24.2. The number of amides is 1. The van der Waals surface area contributed by atoms with E-state index < -0.39 is 4.92 Å². The van der Waals surface area contributed by atoms with E-state index in [2.05, 4.69) is 15.9 Å². The normalized spacial score (nSPS) is 11.1. The molecule has 110 valence electrons. The van der Waals surface area contributed by atoms with Crippen molar-refractivity contribution >= 4 is 27.5 Å². The number of nitrogens with zero attached hydrogens (tertiary/aromatic N) is 2. The second kappa shape index (κ2) is 6.21. The number of rotatable bonds is 5. The van der Waals surface area contributed by atoms with Crippen LogP contribution in [0, 0.1) is 10.1 Å². The molecule has 0 aromatic heterocycles. The number of carbonyl (C=O) groups excluding carboxylic acids is 1. The molecule has 0 radical (unpaired) electrons. The van der Waals surface area contributed by atoms with Gasteiger partial charge in [0.15, 0.2) is 5.75 Å². The molecule has 6 nitrogen and oxygen atoms in total. The van der Waals surface area contributed by atoms with Crippen molar-refractivity contribution < 1.29 is 14.5 Å². The van der Waals surface area contributed by atoms with E-state index in [1.54, 1.807) is 11.9 Å². The number of alkyl halides is 1. The Labute approximate surface area is 126 Å². The molecule has 0 heterocycles. The van der Waals surface area contributed by atoms with Gasteiger partial charge in [0.25, 0.3) is 5.91 Å². The number of benzene rings is 1. The van der Waals surface area contributed by atoms with Crippen LogP contribution in [0.1, 0.15) is 24.2 Å². The van der Waals surface area contributed by atoms with Crippen LogP contribution in [0.2, 0.25) is 0 Å². The highest BCUT2D eigenvalue weighted by atomic mass is 79.9. The molecule has 1 amide bonds. The first-order valence-electron chi connectivity index (χ1n) is 5.91. The lowest BCUT2D eigenvalue weighted by Gasteiger charge is -2.34. The topological polar surface area (TPSA) is 72.7 Å². The fraction of sp³-hybridized carbons (Fsp3) is 0.462. The Morgan fingerprint density at radius 1 is 1.50 bits per heavy atom. The molecule has 1 rings (SSSR count). The van der Waals surface area contributed by atoms with Gasteiger partial charge in [-0.3, -0.25) is 14.9 Å². The van der Waals surface area contributed by atoms with Crippen LogP contribution in [0.25, 0.3) is 0 Å². The largest absolute Gasteiger partial charge is 0.490 e. The lowest BCUT2D eigenvalue weighted by atomic mass is 10.0. The molecule has 0 aliphatic carbocycles. The van der Waals surface area contributed by atoms with Gasteiger partial charge in [-0.2, -0.15) is 0 Å². The maximum atomic E-state index is 12.4. The molecule has 0 N–H and O–H groups in total. The minimum atomic E-state index is -0.542. The summed E-state index contributed by atoms with van der Waals surface area (Å²) in [5, 5.41) is 11.4. The van der Waals surface area contributed by atoms with Crippen molar-refractivity contribution in [1.82, 2.24) is 4.90 Å². The summed E-state index contributed by atoms with van der Waals surface area (Å²) < 4.78 is 4.97. The van der Waals surface area contributed by atoms with Gasteiger partial charge in [-0.1, -0.05) is 15.9 Å². The smallest absolute Gasteiger partial charge is 0.310 e. The first-order valence-corrected chi connectivity index (χ1v) is 7.03. The highest BCUT2D eigenvalue weighted by Crippen LogP contribution is 2.28. The van der Waals surface area contributed by atoms with E-state index in [4.69, 9.17) is 4.74 Å². The number of halogens is 1. The van der Waals surface area contributed by atoms with Crippen molar-refractivity contribution in [2.45, 2.75) is 19.4 Å². The molecule has 0 atom stereocenters. The summed E-state index contributed by atoms with van der Waals surface area (Å²) >= 11 is 3.36. The zero-order valence-corrected chi connectivity index (χ0v) is 13.4. The molecule has 0 unspecified atom stereocenters. The summed E-state index contributed by atoms with van der Waals surface area (Å²) in [7, 11) is 3.03. The number of hydrogen-bond donors (Lipinski definition) is 0. The Morgan fingerprint density at radius 3 is 2.55 bits per heavy atom. The second-order valence-electron chi connectivity index (χ2n) is 4.95. The lowest BCUT2D eigenvalue weighted by Crippen LogP contribution is -2.46. The standard InChI is InChI=1S/C13H17BrN2O4/c1-13(2,8-14)15(3)12(17)9-5-6-10(16(18)19)11(7-9)20-4/h5-7H,8H2,1-4H3. The summed E-state index contributed by atoms with van der Waals surface area (Å²) in [6.45, 7) is 3.84. The van der Waals surface area contributed by atoms with Gasteiger partial charge < -0.3 is 9.64 Å². The van der Waals surface area contributed by atoms with Crippen LogP contribution in [-0.4, -0.2) is 40.8 Å². The molecule has 0 aliphatic rings. The van der Waals surface area contributed by atoms with E-state index in [9.17, 15) is 14.9 Å². The SMILES string of the molecule is COc1cc(C(=O)N(C)C(C)(C)CBr)ccc1[N+](=O)[O-]. The molecular weight excluding hydrogens is 328 g/mol. The van der Waals surface area contributed by atoms with Crippen molar-refractivity contribution in [2.24, 2.45) is 0 Å². The van der Waals surface area contributed by atoms with Crippen LogP contribution in [-0.2, 0) is 0 Å². The van der Waals surface area contributed by atoms with E-state index in [1.165, 1.54) is 25.3 Å². The summed E-state index contributed by atoms with van der Waals surface area (Å²) in [6, 6.07) is 4.10. The van der Waals surface area contributed by atoms with Crippen LogP contribution in [0.5, 0.6) is 5.75 Å². The highest BCUT2D eigenvalue weighted by molar-refractivity contribution is 9.09. The fourth-order valence-corrected chi connectivity index (χ4v) is 1.90. The number of hydrogen-bond acceptors (Lipinski definition) is 4. The number of nitro groups is 1. The zero-order valence-electron chi connectivity index (χ0n) is 11.8. The minimum Gasteiger partial charge on any atom is -0.490 e. The van der Waals surface area contributed by atoms with Gasteiger partial charge in [-0.05, 0) is 19.9 Å². The first kappa shape index (κ1) is 16.4. The number of ether oxygens (including phenoxy) is 1. The van der Waals surface area contributed by atoms with E-state index in [1.807, 2.05) is 13.8 Å². The maximum Gasteiger partial charge on any atom is 0.310 e. The van der Waals surface area contributed by atoms with Gasteiger partial charge in [0.05, 0.1) is 12.0 Å². The Hall–Kier alpha value is -1.63. The van der Waals surface area contributed by atoms with Gasteiger partial charge in [0.1, 0.15) is 0 Å². The van der Waals surface area contributed by atoms with E-state index in [0.717, 1.165) is 0 Å². The highest BCUT2D eigenvalue weighted by Gasteiger charge is 2.28. The van der Waals surface area contributed by atoms with Crippen molar-refractivity contribution in [3.05, 3.63) is 33.9 Å². The fourth-order valence-electron chi connectivity index (χ4n) is 1.52. The third-order valence-electron chi connectivity index (χ3n) is 3.16. The molecule has 0 bridgehead atoms. The average molecular weight is 345 g/mol. The molecule has 0 aliphatic heterocycles. The third-order valence-corrected chi connectivity index (χ3v) is 4.54. The van der Waals surface area contributed by atoms with Gasteiger partial charge in [-0.25, -0.2) is 0 Å². The van der Waals surface area contributed by atoms with Gasteiger partial charge >= 0.3 is 5.69 Å².